The molecule has 1 N–H and O–H groups in total. The first kappa shape index (κ1) is 13.1. The van der Waals surface area contributed by atoms with Crippen LogP contribution in [0.25, 0.3) is 0 Å². The Balaban J connectivity index is 2.35. The van der Waals surface area contributed by atoms with Gasteiger partial charge in [0.1, 0.15) is 11.8 Å². The van der Waals surface area contributed by atoms with E-state index >= 15 is 0 Å². The molecule has 88 valence electrons. The normalized spacial score (nSPS) is 12.4. The van der Waals surface area contributed by atoms with Gasteiger partial charge in [-0.05, 0) is 36.1 Å². The molecule has 0 amide bonds. The second-order valence-corrected chi connectivity index (χ2v) is 5.06. The fourth-order valence-electron chi connectivity index (χ4n) is 1.65. The molecule has 0 spiro atoms. The largest absolute Gasteiger partial charge is 0.342 e. The van der Waals surface area contributed by atoms with Gasteiger partial charge in [-0.3, -0.25) is 0 Å². The SMILES string of the molecule is CSCC(C)CNCc1cc(C#N)n(C)c1. The molecule has 1 atom stereocenters. The predicted octanol–water partition coefficient (Wildman–Crippen LogP) is 1.99. The van der Waals surface area contributed by atoms with Gasteiger partial charge in [-0.25, -0.2) is 0 Å². The molecule has 3 nitrogen and oxygen atoms in total. The van der Waals surface area contributed by atoms with Crippen LogP contribution in [0.3, 0.4) is 0 Å². The van der Waals surface area contributed by atoms with Crippen LogP contribution in [0.5, 0.6) is 0 Å². The van der Waals surface area contributed by atoms with Gasteiger partial charge in [-0.2, -0.15) is 17.0 Å². The van der Waals surface area contributed by atoms with Crippen LogP contribution < -0.4 is 5.32 Å². The number of aryl methyl sites for hydroxylation is 1. The molecule has 0 saturated carbocycles. The number of nitriles is 1. The number of nitrogens with one attached hydrogen (secondary N) is 1. The van der Waals surface area contributed by atoms with E-state index < -0.39 is 0 Å². The Morgan fingerprint density at radius 2 is 2.38 bits per heavy atom. The second kappa shape index (κ2) is 6.62. The smallest absolute Gasteiger partial charge is 0.120 e. The quantitative estimate of drug-likeness (QED) is 0.822. The lowest BCUT2D eigenvalue weighted by atomic mass is 10.2. The number of aromatic nitrogens is 1. The average molecular weight is 237 g/mol. The van der Waals surface area contributed by atoms with E-state index in [4.69, 9.17) is 5.26 Å². The number of hydrogen-bond acceptors (Lipinski definition) is 3. The van der Waals surface area contributed by atoms with E-state index in [1.165, 1.54) is 11.3 Å². The highest BCUT2D eigenvalue weighted by Crippen LogP contribution is 2.07. The van der Waals surface area contributed by atoms with E-state index in [0.717, 1.165) is 13.1 Å². The Morgan fingerprint density at radius 1 is 1.62 bits per heavy atom. The minimum atomic E-state index is 0.689. The first-order valence-corrected chi connectivity index (χ1v) is 6.81. The zero-order valence-corrected chi connectivity index (χ0v) is 11.0. The van der Waals surface area contributed by atoms with Crippen molar-refractivity contribution in [2.45, 2.75) is 13.5 Å². The van der Waals surface area contributed by atoms with Crippen molar-refractivity contribution in [2.24, 2.45) is 13.0 Å². The summed E-state index contributed by atoms with van der Waals surface area (Å²) in [6.07, 6.45) is 4.14. The van der Waals surface area contributed by atoms with Crippen LogP contribution in [0.15, 0.2) is 12.3 Å². The molecule has 0 aliphatic rings. The Labute approximate surface area is 102 Å². The number of hydrogen-bond donors (Lipinski definition) is 1. The van der Waals surface area contributed by atoms with Crippen molar-refractivity contribution in [3.63, 3.8) is 0 Å². The van der Waals surface area contributed by atoms with Gasteiger partial charge in [0.25, 0.3) is 0 Å². The van der Waals surface area contributed by atoms with Gasteiger partial charge in [0, 0.05) is 19.8 Å². The molecule has 4 heteroatoms. The Morgan fingerprint density at radius 3 is 2.94 bits per heavy atom. The first-order valence-electron chi connectivity index (χ1n) is 5.42. The maximum atomic E-state index is 8.82. The zero-order valence-electron chi connectivity index (χ0n) is 10.2. The van der Waals surface area contributed by atoms with Crippen LogP contribution in [-0.4, -0.2) is 23.1 Å². The van der Waals surface area contributed by atoms with Crippen molar-refractivity contribution in [2.75, 3.05) is 18.6 Å². The molecule has 1 aromatic heterocycles. The van der Waals surface area contributed by atoms with Crippen LogP contribution >= 0.6 is 11.8 Å². The standard InChI is InChI=1S/C12H19N3S/c1-10(9-16-3)6-14-7-11-4-12(5-13)15(2)8-11/h4,8,10,14H,6-7,9H2,1-3H3. The average Bonchev–Trinajstić information content (AvgIpc) is 2.59. The summed E-state index contributed by atoms with van der Waals surface area (Å²) in [7, 11) is 1.90. The third kappa shape index (κ3) is 3.92. The lowest BCUT2D eigenvalue weighted by Crippen LogP contribution is -2.21. The summed E-state index contributed by atoms with van der Waals surface area (Å²) < 4.78 is 1.86. The minimum absolute atomic E-state index is 0.689. The summed E-state index contributed by atoms with van der Waals surface area (Å²) in [5, 5.41) is 12.2. The van der Waals surface area contributed by atoms with E-state index in [0.29, 0.717) is 11.6 Å². The molecule has 1 unspecified atom stereocenters. The second-order valence-electron chi connectivity index (χ2n) is 4.15. The zero-order chi connectivity index (χ0) is 12.0. The molecule has 0 saturated heterocycles. The van der Waals surface area contributed by atoms with Gasteiger partial charge in [0.2, 0.25) is 0 Å². The Kier molecular flexibility index (Phi) is 5.44. The molecule has 1 aromatic rings. The van der Waals surface area contributed by atoms with Gasteiger partial charge in [0.15, 0.2) is 0 Å². The topological polar surface area (TPSA) is 40.8 Å². The Bertz CT molecular complexity index is 365. The fraction of sp³-hybridized carbons (Fsp3) is 0.583. The van der Waals surface area contributed by atoms with E-state index in [-0.39, 0.29) is 0 Å². The van der Waals surface area contributed by atoms with Gasteiger partial charge in [-0.15, -0.1) is 0 Å². The predicted molar refractivity (Wildman–Crippen MR) is 69.4 cm³/mol. The van der Waals surface area contributed by atoms with Crippen LogP contribution in [0.2, 0.25) is 0 Å². The number of nitrogens with zero attached hydrogens (tertiary/aromatic N) is 2. The third-order valence-electron chi connectivity index (χ3n) is 2.45. The maximum Gasteiger partial charge on any atom is 0.120 e. The van der Waals surface area contributed by atoms with Crippen molar-refractivity contribution in [3.8, 4) is 6.07 Å². The van der Waals surface area contributed by atoms with Gasteiger partial charge in [0.05, 0.1) is 0 Å². The molecule has 0 bridgehead atoms. The molecular weight excluding hydrogens is 218 g/mol. The fourth-order valence-corrected chi connectivity index (χ4v) is 2.33. The van der Waals surface area contributed by atoms with Crippen LogP contribution in [-0.2, 0) is 13.6 Å². The monoisotopic (exact) mass is 237 g/mol. The third-order valence-corrected chi connectivity index (χ3v) is 3.35. The van der Waals surface area contributed by atoms with E-state index in [2.05, 4.69) is 24.6 Å². The van der Waals surface area contributed by atoms with Crippen molar-refractivity contribution in [1.82, 2.24) is 9.88 Å². The highest BCUT2D eigenvalue weighted by atomic mass is 32.2. The highest BCUT2D eigenvalue weighted by Gasteiger charge is 2.03. The van der Waals surface area contributed by atoms with Gasteiger partial charge in [-0.1, -0.05) is 6.92 Å². The van der Waals surface area contributed by atoms with E-state index in [1.807, 2.05) is 35.6 Å². The molecule has 0 aliphatic carbocycles. The summed E-state index contributed by atoms with van der Waals surface area (Å²) in [5.41, 5.74) is 1.89. The lowest BCUT2D eigenvalue weighted by molar-refractivity contribution is 0.559. The van der Waals surface area contributed by atoms with Crippen LogP contribution in [0, 0.1) is 17.2 Å². The Hall–Kier alpha value is -0.920. The molecule has 1 rings (SSSR count). The lowest BCUT2D eigenvalue weighted by Gasteiger charge is -2.10. The van der Waals surface area contributed by atoms with Crippen LogP contribution in [0.4, 0.5) is 0 Å². The summed E-state index contributed by atoms with van der Waals surface area (Å²) >= 11 is 1.88. The number of rotatable bonds is 6. The first-order chi connectivity index (χ1) is 7.67. The van der Waals surface area contributed by atoms with Crippen molar-refractivity contribution in [3.05, 3.63) is 23.5 Å². The van der Waals surface area contributed by atoms with Crippen LogP contribution in [0.1, 0.15) is 18.2 Å². The van der Waals surface area contributed by atoms with E-state index in [9.17, 15) is 0 Å². The number of thioether (sulfide) groups is 1. The summed E-state index contributed by atoms with van der Waals surface area (Å²) in [4.78, 5) is 0. The molecule has 16 heavy (non-hydrogen) atoms. The van der Waals surface area contributed by atoms with E-state index in [1.54, 1.807) is 0 Å². The summed E-state index contributed by atoms with van der Waals surface area (Å²) in [6, 6.07) is 4.10. The molecule has 0 radical (unpaired) electrons. The maximum absolute atomic E-state index is 8.82. The summed E-state index contributed by atoms with van der Waals surface area (Å²) in [6.45, 7) is 4.11. The minimum Gasteiger partial charge on any atom is -0.342 e. The van der Waals surface area contributed by atoms with Gasteiger partial charge >= 0.3 is 0 Å². The summed E-state index contributed by atoms with van der Waals surface area (Å²) in [5.74, 6) is 1.87. The molecular formula is C12H19N3S. The highest BCUT2D eigenvalue weighted by molar-refractivity contribution is 7.98. The molecule has 0 fully saturated rings. The molecule has 1 heterocycles. The molecule has 0 aliphatic heterocycles. The van der Waals surface area contributed by atoms with Gasteiger partial charge < -0.3 is 9.88 Å². The molecule has 0 aromatic carbocycles. The van der Waals surface area contributed by atoms with Crippen molar-refractivity contribution < 1.29 is 0 Å². The van der Waals surface area contributed by atoms with Crippen molar-refractivity contribution >= 4 is 11.8 Å². The van der Waals surface area contributed by atoms with Crippen molar-refractivity contribution in [1.29, 1.82) is 5.26 Å².